The molecule has 454 valence electrons. The van der Waals surface area contributed by atoms with Crippen LogP contribution >= 0.6 is 21.6 Å². The van der Waals surface area contributed by atoms with Gasteiger partial charge < -0.3 is 98.8 Å². The first-order valence-corrected chi connectivity index (χ1v) is 29.6. The summed E-state index contributed by atoms with van der Waals surface area (Å²) in [5, 5.41) is 106. The van der Waals surface area contributed by atoms with Gasteiger partial charge in [-0.1, -0.05) is 82.3 Å². The van der Waals surface area contributed by atoms with E-state index in [1.807, 2.05) is 0 Å². The molecular weight excluding hydrogens is 1120 g/mol. The van der Waals surface area contributed by atoms with Gasteiger partial charge in [-0.2, -0.15) is 0 Å². The average Bonchev–Trinajstić information content (AvgIpc) is 3.95. The third kappa shape index (κ3) is 18.8. The van der Waals surface area contributed by atoms with Crippen LogP contribution < -0.4 is 48.3 Å². The average molecular weight is 1200 g/mol. The highest BCUT2D eigenvalue weighted by atomic mass is 33.1. The number of phenolic OH excluding ortho intramolecular Hbond substituents is 1. The van der Waals surface area contributed by atoms with Gasteiger partial charge in [0.25, 0.3) is 0 Å². The molecule has 0 bridgehead atoms. The minimum atomic E-state index is -2.51. The minimum Gasteiger partial charge on any atom is -0.508 e. The monoisotopic (exact) mass is 1200 g/mol. The number of hydrogen-bond acceptors (Lipinski definition) is 20. The van der Waals surface area contributed by atoms with Gasteiger partial charge in [0.15, 0.2) is 0 Å². The number of benzene rings is 3. The lowest BCUT2D eigenvalue weighted by molar-refractivity contribution is -0.318. The molecule has 26 nitrogen and oxygen atoms in total. The molecule has 0 radical (unpaired) electrons. The van der Waals surface area contributed by atoms with Crippen molar-refractivity contribution in [3.63, 3.8) is 0 Å². The van der Waals surface area contributed by atoms with Gasteiger partial charge in [0, 0.05) is 41.4 Å². The molecule has 3 heterocycles. The predicted octanol–water partition coefficient (Wildman–Crippen LogP) is -3.67. The molecule has 0 unspecified atom stereocenters. The van der Waals surface area contributed by atoms with Crippen molar-refractivity contribution < 1.29 is 79.2 Å². The third-order valence-corrected chi connectivity index (χ3v) is 16.6. The van der Waals surface area contributed by atoms with Gasteiger partial charge in [-0.05, 0) is 81.0 Å². The molecule has 6 rings (SSSR count). The number of amides is 7. The minimum absolute atomic E-state index is 0.0321. The number of carbonyl (C=O) groups excluding carboxylic acids is 7. The number of aliphatic hydroxyl groups excluding tert-OH is 6. The summed E-state index contributed by atoms with van der Waals surface area (Å²) < 4.78 is 5.35. The fourth-order valence-corrected chi connectivity index (χ4v) is 11.5. The third-order valence-electron chi connectivity index (χ3n) is 14.2. The van der Waals surface area contributed by atoms with Crippen molar-refractivity contribution in [2.24, 2.45) is 5.73 Å². The van der Waals surface area contributed by atoms with Gasteiger partial charge in [-0.3, -0.25) is 33.6 Å². The van der Waals surface area contributed by atoms with Crippen LogP contribution in [0.15, 0.2) is 85.1 Å². The maximum absolute atomic E-state index is 15.0. The van der Waals surface area contributed by atoms with E-state index < -0.39 is 146 Å². The lowest BCUT2D eigenvalue weighted by Gasteiger charge is -2.42. The zero-order valence-electron chi connectivity index (χ0n) is 45.8. The van der Waals surface area contributed by atoms with Crippen LogP contribution in [0.3, 0.4) is 0 Å². The molecular formula is C55H76N10O16S2. The van der Waals surface area contributed by atoms with Gasteiger partial charge in [0.1, 0.15) is 60.3 Å². The number of aromatic amines is 1. The van der Waals surface area contributed by atoms with Crippen molar-refractivity contribution in [3.05, 3.63) is 102 Å². The molecule has 2 fully saturated rings. The van der Waals surface area contributed by atoms with E-state index >= 15 is 0 Å². The topological polar surface area (TPSA) is 429 Å². The number of nitrogens with one attached hydrogen (secondary N) is 9. The number of aromatic hydroxyl groups is 1. The zero-order valence-corrected chi connectivity index (χ0v) is 47.4. The molecule has 2 aliphatic rings. The summed E-state index contributed by atoms with van der Waals surface area (Å²) in [5.74, 6) is -9.70. The summed E-state index contributed by atoms with van der Waals surface area (Å²) in [7, 11) is 1.85. The largest absolute Gasteiger partial charge is 0.508 e. The summed E-state index contributed by atoms with van der Waals surface area (Å²) in [6, 6.07) is 9.71. The number of aliphatic hydroxyl groups is 7. The molecule has 1 aromatic heterocycles. The summed E-state index contributed by atoms with van der Waals surface area (Å²) in [6.07, 6.45) is -6.45. The molecule has 0 aliphatic carbocycles. The molecule has 0 spiro atoms. The first-order chi connectivity index (χ1) is 39.6. The van der Waals surface area contributed by atoms with E-state index in [1.165, 1.54) is 38.1 Å². The molecule has 7 amide bonds. The number of unbranched alkanes of at least 4 members (excludes halogenated alkanes) is 1. The first kappa shape index (κ1) is 65.7. The summed E-state index contributed by atoms with van der Waals surface area (Å²) in [5.41, 5.74) is 8.12. The van der Waals surface area contributed by atoms with E-state index in [1.54, 1.807) is 60.8 Å². The fraction of sp³-hybridized carbons (Fsp3) is 0.509. The molecule has 2 saturated heterocycles. The van der Waals surface area contributed by atoms with Crippen LogP contribution in [0, 0.1) is 0 Å². The number of aromatic nitrogens is 1. The number of phenols is 1. The molecule has 14 atom stereocenters. The van der Waals surface area contributed by atoms with Crippen molar-refractivity contribution in [2.45, 2.75) is 137 Å². The Hall–Kier alpha value is -6.41. The zero-order chi connectivity index (χ0) is 60.4. The van der Waals surface area contributed by atoms with Gasteiger partial charge in [-0.15, -0.1) is 0 Å². The molecule has 2 aliphatic heterocycles. The Morgan fingerprint density at radius 1 is 0.771 bits per heavy atom. The Labute approximate surface area is 486 Å². The number of fused-ring (bicyclic) bond motifs is 1. The maximum atomic E-state index is 15.0. The Morgan fingerprint density at radius 2 is 1.41 bits per heavy atom. The molecule has 19 N–H and O–H groups in total. The van der Waals surface area contributed by atoms with E-state index in [-0.39, 0.29) is 49.5 Å². The van der Waals surface area contributed by atoms with Crippen LogP contribution in [-0.4, -0.2) is 210 Å². The van der Waals surface area contributed by atoms with Crippen LogP contribution in [0.5, 0.6) is 5.75 Å². The number of hydrogen-bond donors (Lipinski definition) is 18. The van der Waals surface area contributed by atoms with E-state index in [0.717, 1.165) is 21.6 Å². The first-order valence-electron chi connectivity index (χ1n) is 27.2. The maximum Gasteiger partial charge on any atom is 0.245 e. The van der Waals surface area contributed by atoms with Crippen LogP contribution in [0.2, 0.25) is 0 Å². The fourth-order valence-electron chi connectivity index (χ4n) is 9.20. The quantitative estimate of drug-likeness (QED) is 0.0299. The van der Waals surface area contributed by atoms with Crippen LogP contribution in [-0.2, 0) is 57.6 Å². The van der Waals surface area contributed by atoms with Crippen molar-refractivity contribution in [1.82, 2.24) is 47.5 Å². The molecule has 0 saturated carbocycles. The smallest absolute Gasteiger partial charge is 0.245 e. The van der Waals surface area contributed by atoms with Crippen molar-refractivity contribution in [3.8, 4) is 5.75 Å². The number of rotatable bonds is 20. The lowest BCUT2D eigenvalue weighted by atomic mass is 9.96. The number of ether oxygens (including phenoxy) is 1. The highest BCUT2D eigenvalue weighted by molar-refractivity contribution is 8.76. The second kappa shape index (κ2) is 31.5. The van der Waals surface area contributed by atoms with Gasteiger partial charge in [0.05, 0.1) is 44.1 Å². The van der Waals surface area contributed by atoms with Gasteiger partial charge in [-0.25, -0.2) is 0 Å². The van der Waals surface area contributed by atoms with Crippen LogP contribution in [0.25, 0.3) is 10.9 Å². The number of nitrogens with two attached hydrogens (primary N) is 1. The van der Waals surface area contributed by atoms with Crippen molar-refractivity contribution in [1.29, 1.82) is 0 Å². The van der Waals surface area contributed by atoms with Gasteiger partial charge in [0.2, 0.25) is 47.1 Å². The SMILES string of the molecule is C[C@@H](O)[C@H](CO)NC(=O)[C@@H]1CSSC[C@H](NC(=O)[C@@H](Cc2ccccc2)NC[C@@]2(O)OC[C@@H](O)[C@@H](O)[C@@H]2O)C(=O)N[C@@H](Cc2ccc(O)cc2)C(=O)N[C@H](Cc2c[nH]c3ccccc23)C(=O)N[C@@H](CCCCN)C(=O)N[C@@H]([C@@H](C)O)C(=O)N1. The Balaban J connectivity index is 1.42. The standard InChI is InChI=1S/C55H76N10O16S2/c1-29(67)41(24-66)62-53(78)43-27-83-82-26-42(63-49(74)38(20-31-10-4-3-5-11-31)58-28-55(80)47(72)46(71)44(70)25-81-55)52(77)60-39(21-32-15-17-34(69)18-16-32)50(75)61-40(22-33-23-57-36-13-7-6-12-35(33)36)51(76)59-37(14-8-9-19-56)48(73)65-45(30(2)68)54(79)64-43/h3-7,10-13,15-18,23,29-30,37-47,57-58,66-72,80H,8-9,14,19-22,24-28,56H2,1-2H3,(H,59,76)(H,60,77)(H,61,75)(H,62,78)(H,63,74)(H,64,79)(H,65,73)/t29-,30-,37+,38-,39+,40-,41+,42+,43+,44-,45+,46-,47+,55-/m1/s1. The number of carbonyl (C=O) groups is 7. The van der Waals surface area contributed by atoms with Crippen molar-refractivity contribution >= 4 is 73.8 Å². The Bertz CT molecular complexity index is 2800. The summed E-state index contributed by atoms with van der Waals surface area (Å²) in [6.45, 7) is 0.789. The van der Waals surface area contributed by atoms with Crippen molar-refractivity contribution in [2.75, 3.05) is 37.8 Å². The Kier molecular flexibility index (Phi) is 24.9. The lowest BCUT2D eigenvalue weighted by Crippen LogP contribution is -2.66. The van der Waals surface area contributed by atoms with E-state index in [2.05, 4.69) is 47.5 Å². The molecule has 4 aromatic rings. The van der Waals surface area contributed by atoms with E-state index in [4.69, 9.17) is 10.5 Å². The van der Waals surface area contributed by atoms with Gasteiger partial charge >= 0.3 is 0 Å². The molecule has 83 heavy (non-hydrogen) atoms. The normalized spacial score (nSPS) is 26.9. The number of para-hydroxylation sites is 1. The molecule has 3 aromatic carbocycles. The van der Waals surface area contributed by atoms with E-state index in [9.17, 15) is 74.4 Å². The van der Waals surface area contributed by atoms with Crippen LogP contribution in [0.4, 0.5) is 0 Å². The highest BCUT2D eigenvalue weighted by Crippen LogP contribution is 2.26. The highest BCUT2D eigenvalue weighted by Gasteiger charge is 2.49. The second-order valence-electron chi connectivity index (χ2n) is 20.6. The van der Waals surface area contributed by atoms with E-state index in [0.29, 0.717) is 40.4 Å². The summed E-state index contributed by atoms with van der Waals surface area (Å²) in [4.78, 5) is 105. The second-order valence-corrected chi connectivity index (χ2v) is 23.2. The Morgan fingerprint density at radius 3 is 2.08 bits per heavy atom. The predicted molar refractivity (Wildman–Crippen MR) is 306 cm³/mol. The van der Waals surface area contributed by atoms with Crippen LogP contribution in [0.1, 0.15) is 49.8 Å². The number of H-pyrrole nitrogens is 1. The molecule has 28 heteroatoms. The summed E-state index contributed by atoms with van der Waals surface area (Å²) >= 11 is 0.